The monoisotopic (exact) mass is 1110 g/mol. The average Bonchev–Trinajstić information content (AvgIpc) is 1.23. The van der Waals surface area contributed by atoms with E-state index in [2.05, 4.69) is 238 Å². The molecule has 0 amide bonds. The van der Waals surface area contributed by atoms with Crippen LogP contribution in [0, 0.1) is 11.3 Å². The first-order chi connectivity index (χ1) is 41.9. The summed E-state index contributed by atoms with van der Waals surface area (Å²) in [6.45, 7) is 13.8. The highest BCUT2D eigenvalue weighted by Gasteiger charge is 2.44. The van der Waals surface area contributed by atoms with Crippen LogP contribution in [-0.4, -0.2) is 26.2 Å². The summed E-state index contributed by atoms with van der Waals surface area (Å²) in [5.41, 5.74) is 23.4. The van der Waals surface area contributed by atoms with Crippen LogP contribution in [0.2, 0.25) is 0 Å². The van der Waals surface area contributed by atoms with Gasteiger partial charge in [0.15, 0.2) is 17.5 Å². The number of nitrogens with zero attached hydrogens (tertiary/aromatic N) is 7. The van der Waals surface area contributed by atoms with Crippen LogP contribution in [0.4, 0.5) is 34.1 Å². The maximum Gasteiger partial charge on any atom is 0.252 e. The lowest BCUT2D eigenvalue weighted by atomic mass is 9.33. The molecule has 7 nitrogen and oxygen atoms in total. The minimum atomic E-state index is -0.0874. The molecule has 8 heteroatoms. The zero-order valence-electron chi connectivity index (χ0n) is 49.0. The fourth-order valence-electron chi connectivity index (χ4n) is 13.0. The smallest absolute Gasteiger partial charge is 0.252 e. The van der Waals surface area contributed by atoms with Gasteiger partial charge >= 0.3 is 0 Å². The maximum atomic E-state index is 10.6. The molecule has 2 aliphatic rings. The van der Waals surface area contributed by atoms with Gasteiger partial charge in [0, 0.05) is 61.6 Å². The van der Waals surface area contributed by atoms with E-state index >= 15 is 0 Å². The molecule has 15 rings (SSSR count). The summed E-state index contributed by atoms with van der Waals surface area (Å²) in [5, 5.41) is 12.8. The number of nitriles is 1. The lowest BCUT2D eigenvalue weighted by molar-refractivity contribution is 0.590. The Hall–Kier alpha value is -10.6. The van der Waals surface area contributed by atoms with Crippen LogP contribution in [-0.2, 0) is 10.8 Å². The SMILES string of the molecule is CC(C)(C)c1ccc2c(c1)N(c1ccccc1)c1cc(-c3ccc4c(c3)c3cc(-c5ccccc5)ccc3n4-c3ccc(C#N)cc3-c3nc(-c4ccccc4)nc(-c4ccccc4)n3)cc3c1B2c1ccc(C(C)(C)C)cc1N3c1ccccc1. The second-order valence-electron chi connectivity index (χ2n) is 24.8. The van der Waals surface area contributed by atoms with E-state index in [1.54, 1.807) is 0 Å². The van der Waals surface area contributed by atoms with Gasteiger partial charge in [0.05, 0.1) is 28.4 Å². The number of para-hydroxylation sites is 2. The predicted octanol–water partition coefficient (Wildman–Crippen LogP) is 17.9. The Morgan fingerprint density at radius 3 is 1.24 bits per heavy atom. The summed E-state index contributed by atoms with van der Waals surface area (Å²) in [7, 11) is 0. The third-order valence-electron chi connectivity index (χ3n) is 17.3. The van der Waals surface area contributed by atoms with Gasteiger partial charge in [-0.1, -0.05) is 205 Å². The summed E-state index contributed by atoms with van der Waals surface area (Å²) < 4.78 is 2.33. The number of fused-ring (bicyclic) bond motifs is 7. The molecule has 0 bridgehead atoms. The lowest BCUT2D eigenvalue weighted by Gasteiger charge is -2.45. The van der Waals surface area contributed by atoms with E-state index in [9.17, 15) is 5.26 Å². The fraction of sp³-hybridized carbons (Fsp3) is 0.103. The van der Waals surface area contributed by atoms with Crippen molar-refractivity contribution in [2.24, 2.45) is 0 Å². The quantitative estimate of drug-likeness (QED) is 0.141. The topological polar surface area (TPSA) is 73.9 Å². The van der Waals surface area contributed by atoms with Crippen LogP contribution < -0.4 is 26.2 Å². The zero-order chi connectivity index (χ0) is 58.4. The molecule has 11 aromatic carbocycles. The van der Waals surface area contributed by atoms with Crippen molar-refractivity contribution < 1.29 is 0 Å². The molecule has 86 heavy (non-hydrogen) atoms. The van der Waals surface area contributed by atoms with Gasteiger partial charge in [-0.3, -0.25) is 0 Å². The van der Waals surface area contributed by atoms with Crippen molar-refractivity contribution in [3.05, 3.63) is 271 Å². The predicted molar refractivity (Wildman–Crippen MR) is 357 cm³/mol. The van der Waals surface area contributed by atoms with Crippen LogP contribution in [0.3, 0.4) is 0 Å². The molecule has 0 unspecified atom stereocenters. The summed E-state index contributed by atoms with van der Waals surface area (Å²) in [4.78, 5) is 20.6. The van der Waals surface area contributed by atoms with Crippen molar-refractivity contribution >= 4 is 79.0 Å². The highest BCUT2D eigenvalue weighted by molar-refractivity contribution is 7.00. The van der Waals surface area contributed by atoms with Gasteiger partial charge in [-0.2, -0.15) is 5.26 Å². The van der Waals surface area contributed by atoms with E-state index in [1.807, 2.05) is 78.9 Å². The number of hydrogen-bond acceptors (Lipinski definition) is 6. The third-order valence-corrected chi connectivity index (χ3v) is 17.3. The van der Waals surface area contributed by atoms with Crippen LogP contribution in [0.5, 0.6) is 0 Å². The summed E-state index contributed by atoms with van der Waals surface area (Å²) in [5.74, 6) is 1.56. The molecule has 0 saturated carbocycles. The first-order valence-corrected chi connectivity index (χ1v) is 29.6. The minimum Gasteiger partial charge on any atom is -0.311 e. The van der Waals surface area contributed by atoms with E-state index in [0.29, 0.717) is 28.6 Å². The molecule has 0 radical (unpaired) electrons. The van der Waals surface area contributed by atoms with E-state index in [4.69, 9.17) is 15.0 Å². The normalized spacial score (nSPS) is 12.7. The van der Waals surface area contributed by atoms with Crippen molar-refractivity contribution in [2.45, 2.75) is 52.4 Å². The van der Waals surface area contributed by atoms with Crippen LogP contribution in [0.25, 0.3) is 83.9 Å². The second-order valence-corrected chi connectivity index (χ2v) is 24.8. The molecule has 0 N–H and O–H groups in total. The van der Waals surface area contributed by atoms with Crippen molar-refractivity contribution in [1.82, 2.24) is 19.5 Å². The molecular weight excluding hydrogens is 1050 g/mol. The average molecular weight is 1110 g/mol. The van der Waals surface area contributed by atoms with Crippen molar-refractivity contribution in [3.8, 4) is 68.2 Å². The number of benzene rings is 11. The molecule has 2 aromatic heterocycles. The Morgan fingerprint density at radius 2 is 0.791 bits per heavy atom. The molecule has 410 valence electrons. The molecule has 0 saturated heterocycles. The third kappa shape index (κ3) is 8.85. The molecule has 2 aliphatic heterocycles. The van der Waals surface area contributed by atoms with Crippen molar-refractivity contribution in [2.75, 3.05) is 9.80 Å². The van der Waals surface area contributed by atoms with Crippen LogP contribution in [0.15, 0.2) is 255 Å². The molecular formula is C78H60BN7. The number of aromatic nitrogens is 4. The Kier molecular flexibility index (Phi) is 12.3. The first kappa shape index (κ1) is 52.2. The van der Waals surface area contributed by atoms with Gasteiger partial charge in [0.2, 0.25) is 0 Å². The molecule has 13 aromatic rings. The fourth-order valence-corrected chi connectivity index (χ4v) is 13.0. The molecule has 0 fully saturated rings. The van der Waals surface area contributed by atoms with Gasteiger partial charge in [-0.15, -0.1) is 0 Å². The summed E-state index contributed by atoms with van der Waals surface area (Å²) in [6.07, 6.45) is 0. The van der Waals surface area contributed by atoms with Gasteiger partial charge in [0.1, 0.15) is 0 Å². The maximum absolute atomic E-state index is 10.6. The van der Waals surface area contributed by atoms with Gasteiger partial charge < -0.3 is 14.4 Å². The van der Waals surface area contributed by atoms with E-state index in [1.165, 1.54) is 38.9 Å². The van der Waals surface area contributed by atoms with Crippen LogP contribution >= 0.6 is 0 Å². The van der Waals surface area contributed by atoms with Crippen molar-refractivity contribution in [1.29, 1.82) is 5.26 Å². The molecule has 4 heterocycles. The number of hydrogen-bond donors (Lipinski definition) is 0. The Bertz CT molecular complexity index is 4660. The Balaban J connectivity index is 1.01. The van der Waals surface area contributed by atoms with E-state index in [0.717, 1.165) is 83.6 Å². The van der Waals surface area contributed by atoms with E-state index in [-0.39, 0.29) is 17.5 Å². The summed E-state index contributed by atoms with van der Waals surface area (Å²) in [6, 6.07) is 93.9. The first-order valence-electron chi connectivity index (χ1n) is 29.6. The van der Waals surface area contributed by atoms with Gasteiger partial charge in [-0.05, 0) is 152 Å². The van der Waals surface area contributed by atoms with Gasteiger partial charge in [0.25, 0.3) is 6.71 Å². The highest BCUT2D eigenvalue weighted by Crippen LogP contribution is 2.48. The standard InChI is InChI=1S/C78H60BN7/c1-77(2,3)57-35-37-64-69(47-57)84(59-28-18-10-19-29-59)71-45-56(46-72-73(71)79(64)65-38-36-58(78(4,5)6)48-70(65)85(72)60-30-20-11-21-31-60)55-34-41-67-62(44-55)61-43-54(51-22-12-7-13-23-51)33-40-66(61)86(67)68-39-32-50(49-80)42-63(68)76-82-74(52-24-14-8-15-25-52)81-75(83-76)53-26-16-9-17-27-53/h7-48H,1-6H3. The molecule has 0 spiro atoms. The van der Waals surface area contributed by atoms with Crippen molar-refractivity contribution in [3.63, 3.8) is 0 Å². The summed E-state index contributed by atoms with van der Waals surface area (Å²) >= 11 is 0. The number of rotatable bonds is 8. The largest absolute Gasteiger partial charge is 0.311 e. The Labute approximate surface area is 502 Å². The lowest BCUT2D eigenvalue weighted by Crippen LogP contribution is -2.61. The van der Waals surface area contributed by atoms with Gasteiger partial charge in [-0.25, -0.2) is 15.0 Å². The highest BCUT2D eigenvalue weighted by atomic mass is 15.2. The number of anilines is 6. The molecule has 0 aliphatic carbocycles. The van der Waals surface area contributed by atoms with Crippen LogP contribution in [0.1, 0.15) is 58.2 Å². The Morgan fingerprint density at radius 1 is 0.360 bits per heavy atom. The molecule has 0 atom stereocenters. The minimum absolute atomic E-state index is 0.0441. The second kappa shape index (κ2) is 20.3. The van der Waals surface area contributed by atoms with E-state index < -0.39 is 0 Å². The zero-order valence-corrected chi connectivity index (χ0v) is 49.0.